The zero-order chi connectivity index (χ0) is 13.0. The van der Waals surface area contributed by atoms with Gasteiger partial charge in [0.1, 0.15) is 0 Å². The number of aliphatic hydroxyl groups excluding tert-OH is 1. The van der Waals surface area contributed by atoms with Crippen molar-refractivity contribution in [2.24, 2.45) is 5.92 Å². The molecule has 2 fully saturated rings. The van der Waals surface area contributed by atoms with E-state index in [2.05, 4.69) is 24.1 Å². The molecule has 18 heavy (non-hydrogen) atoms. The van der Waals surface area contributed by atoms with Crippen molar-refractivity contribution in [2.45, 2.75) is 64.0 Å². The lowest BCUT2D eigenvalue weighted by Gasteiger charge is -2.33. The van der Waals surface area contributed by atoms with Gasteiger partial charge in [-0.3, -0.25) is 0 Å². The van der Waals surface area contributed by atoms with E-state index in [0.29, 0.717) is 6.04 Å². The van der Waals surface area contributed by atoms with Gasteiger partial charge in [0.05, 0.1) is 6.61 Å². The topological polar surface area (TPSA) is 35.5 Å². The van der Waals surface area contributed by atoms with E-state index >= 15 is 0 Å². The van der Waals surface area contributed by atoms with Crippen molar-refractivity contribution >= 4 is 0 Å². The molecule has 2 atom stereocenters. The lowest BCUT2D eigenvalue weighted by molar-refractivity contribution is 0.138. The molecule has 0 radical (unpaired) electrons. The number of hydrogen-bond donors (Lipinski definition) is 2. The number of nitrogens with one attached hydrogen (secondary N) is 1. The molecule has 2 unspecified atom stereocenters. The highest BCUT2D eigenvalue weighted by molar-refractivity contribution is 4.94. The van der Waals surface area contributed by atoms with Crippen LogP contribution in [0.3, 0.4) is 0 Å². The smallest absolute Gasteiger partial charge is 0.0613 e. The van der Waals surface area contributed by atoms with Crippen molar-refractivity contribution in [3.8, 4) is 0 Å². The molecule has 0 aromatic carbocycles. The van der Waals surface area contributed by atoms with E-state index in [4.69, 9.17) is 0 Å². The summed E-state index contributed by atoms with van der Waals surface area (Å²) in [5.41, 5.74) is -0.00743. The van der Waals surface area contributed by atoms with Gasteiger partial charge in [0.15, 0.2) is 0 Å². The third-order valence-corrected chi connectivity index (χ3v) is 4.70. The quantitative estimate of drug-likeness (QED) is 0.695. The molecule has 0 bridgehead atoms. The maximum atomic E-state index is 9.71. The van der Waals surface area contributed by atoms with Crippen LogP contribution < -0.4 is 5.32 Å². The fourth-order valence-corrected chi connectivity index (χ4v) is 3.12. The van der Waals surface area contributed by atoms with Crippen LogP contribution in [0.5, 0.6) is 0 Å². The SMILES string of the molecule is CCC(CO)(CCCN1CCC(C)C1)NC1CC1. The monoisotopic (exact) mass is 254 g/mol. The van der Waals surface area contributed by atoms with Crippen molar-refractivity contribution < 1.29 is 5.11 Å². The van der Waals surface area contributed by atoms with Crippen molar-refractivity contribution in [3.63, 3.8) is 0 Å². The lowest BCUT2D eigenvalue weighted by Crippen LogP contribution is -2.49. The molecule has 0 amide bonds. The highest BCUT2D eigenvalue weighted by atomic mass is 16.3. The second-order valence-electron chi connectivity index (χ2n) is 6.51. The van der Waals surface area contributed by atoms with Gasteiger partial charge < -0.3 is 15.3 Å². The Bertz CT molecular complexity index is 249. The Morgan fingerprint density at radius 1 is 1.33 bits per heavy atom. The van der Waals surface area contributed by atoms with Crippen molar-refractivity contribution in [3.05, 3.63) is 0 Å². The van der Waals surface area contributed by atoms with Crippen LogP contribution in [0, 0.1) is 5.92 Å². The minimum Gasteiger partial charge on any atom is -0.394 e. The molecule has 1 saturated heterocycles. The summed E-state index contributed by atoms with van der Waals surface area (Å²) >= 11 is 0. The van der Waals surface area contributed by atoms with E-state index in [0.717, 1.165) is 18.8 Å². The summed E-state index contributed by atoms with van der Waals surface area (Å²) in [6, 6.07) is 0.684. The maximum absolute atomic E-state index is 9.71. The van der Waals surface area contributed by atoms with Crippen LogP contribution in [0.15, 0.2) is 0 Å². The van der Waals surface area contributed by atoms with Crippen LogP contribution in [0.25, 0.3) is 0 Å². The van der Waals surface area contributed by atoms with Crippen LogP contribution in [0.1, 0.15) is 52.4 Å². The van der Waals surface area contributed by atoms with Crippen LogP contribution in [-0.2, 0) is 0 Å². The standard InChI is InChI=1S/C15H30N2O/c1-3-15(12-18,16-14-5-6-14)8-4-9-17-10-7-13(2)11-17/h13-14,16,18H,3-12H2,1-2H3. The average Bonchev–Trinajstić information content (AvgIpc) is 3.09. The summed E-state index contributed by atoms with van der Waals surface area (Å²) in [7, 11) is 0. The van der Waals surface area contributed by atoms with Gasteiger partial charge in [-0.05, 0) is 57.5 Å². The predicted molar refractivity (Wildman–Crippen MR) is 75.7 cm³/mol. The van der Waals surface area contributed by atoms with Crippen molar-refractivity contribution in [2.75, 3.05) is 26.2 Å². The molecule has 0 aromatic rings. The highest BCUT2D eigenvalue weighted by Crippen LogP contribution is 2.27. The number of likely N-dealkylation sites (tertiary alicyclic amines) is 1. The predicted octanol–water partition coefficient (Wildman–Crippen LogP) is 2.00. The molecule has 0 spiro atoms. The lowest BCUT2D eigenvalue weighted by atomic mass is 9.91. The highest BCUT2D eigenvalue weighted by Gasteiger charge is 2.34. The van der Waals surface area contributed by atoms with Crippen molar-refractivity contribution in [1.82, 2.24) is 10.2 Å². The van der Waals surface area contributed by atoms with Gasteiger partial charge in [0.2, 0.25) is 0 Å². The molecule has 1 heterocycles. The maximum Gasteiger partial charge on any atom is 0.0613 e. The van der Waals surface area contributed by atoms with Crippen LogP contribution in [0.2, 0.25) is 0 Å². The molecule has 2 aliphatic rings. The minimum absolute atomic E-state index is 0.00743. The summed E-state index contributed by atoms with van der Waals surface area (Å²) in [5.74, 6) is 0.878. The Balaban J connectivity index is 1.71. The Morgan fingerprint density at radius 3 is 2.61 bits per heavy atom. The van der Waals surface area contributed by atoms with Crippen LogP contribution in [0.4, 0.5) is 0 Å². The Morgan fingerprint density at radius 2 is 2.11 bits per heavy atom. The molecule has 1 aliphatic heterocycles. The molecule has 3 heteroatoms. The van der Waals surface area contributed by atoms with Crippen molar-refractivity contribution in [1.29, 1.82) is 0 Å². The first kappa shape index (κ1) is 14.3. The van der Waals surface area contributed by atoms with Crippen LogP contribution in [-0.4, -0.2) is 47.8 Å². The van der Waals surface area contributed by atoms with E-state index in [9.17, 15) is 5.11 Å². The van der Waals surface area contributed by atoms with Gasteiger partial charge >= 0.3 is 0 Å². The summed E-state index contributed by atoms with van der Waals surface area (Å²) in [6.07, 6.45) is 7.31. The fraction of sp³-hybridized carbons (Fsp3) is 1.00. The molecular formula is C15H30N2O. The zero-order valence-electron chi connectivity index (χ0n) is 12.1. The van der Waals surface area contributed by atoms with Gasteiger partial charge in [-0.15, -0.1) is 0 Å². The zero-order valence-corrected chi connectivity index (χ0v) is 12.1. The van der Waals surface area contributed by atoms with Gasteiger partial charge in [0.25, 0.3) is 0 Å². The third kappa shape index (κ3) is 3.94. The van der Waals surface area contributed by atoms with Gasteiger partial charge in [-0.1, -0.05) is 13.8 Å². The summed E-state index contributed by atoms with van der Waals surface area (Å²) < 4.78 is 0. The molecule has 1 saturated carbocycles. The molecular weight excluding hydrogens is 224 g/mol. The number of rotatable bonds is 8. The number of nitrogens with zero attached hydrogens (tertiary/aromatic N) is 1. The number of aliphatic hydroxyl groups is 1. The molecule has 1 aliphatic carbocycles. The Kier molecular flexibility index (Phi) is 5.05. The minimum atomic E-state index is -0.00743. The largest absolute Gasteiger partial charge is 0.394 e. The van der Waals surface area contributed by atoms with E-state index in [1.54, 1.807) is 0 Å². The molecule has 2 rings (SSSR count). The van der Waals surface area contributed by atoms with E-state index in [1.807, 2.05) is 0 Å². The second kappa shape index (κ2) is 6.36. The Hall–Kier alpha value is -0.120. The summed E-state index contributed by atoms with van der Waals surface area (Å²) in [6.45, 7) is 8.58. The first-order valence-electron chi connectivity index (χ1n) is 7.78. The first-order chi connectivity index (χ1) is 8.67. The molecule has 2 N–H and O–H groups in total. The van der Waals surface area contributed by atoms with Gasteiger partial charge in [0, 0.05) is 18.1 Å². The molecule has 106 valence electrons. The number of hydrogen-bond acceptors (Lipinski definition) is 3. The normalized spacial score (nSPS) is 28.5. The van der Waals surface area contributed by atoms with E-state index in [1.165, 1.54) is 45.3 Å². The summed E-state index contributed by atoms with van der Waals surface area (Å²) in [4.78, 5) is 2.58. The first-order valence-corrected chi connectivity index (χ1v) is 7.78. The fourth-order valence-electron chi connectivity index (χ4n) is 3.12. The molecule has 0 aromatic heterocycles. The van der Waals surface area contributed by atoms with Gasteiger partial charge in [-0.2, -0.15) is 0 Å². The Labute approximate surface area is 112 Å². The van der Waals surface area contributed by atoms with E-state index < -0.39 is 0 Å². The van der Waals surface area contributed by atoms with Crippen LogP contribution >= 0.6 is 0 Å². The average molecular weight is 254 g/mol. The second-order valence-corrected chi connectivity index (χ2v) is 6.51. The summed E-state index contributed by atoms with van der Waals surface area (Å²) in [5, 5.41) is 13.4. The van der Waals surface area contributed by atoms with E-state index in [-0.39, 0.29) is 12.1 Å². The molecule has 3 nitrogen and oxygen atoms in total. The third-order valence-electron chi connectivity index (χ3n) is 4.70. The van der Waals surface area contributed by atoms with Gasteiger partial charge in [-0.25, -0.2) is 0 Å².